The molecule has 0 aliphatic carbocycles. The summed E-state index contributed by atoms with van der Waals surface area (Å²) < 4.78 is 1.36. The van der Waals surface area contributed by atoms with Crippen LogP contribution in [0.2, 0.25) is 0 Å². The number of hydrogen-bond acceptors (Lipinski definition) is 6. The van der Waals surface area contributed by atoms with Gasteiger partial charge in [0.1, 0.15) is 11.4 Å². The molecule has 0 radical (unpaired) electrons. The first-order valence-corrected chi connectivity index (χ1v) is 10.4. The molecule has 4 rings (SSSR count). The molecule has 0 saturated carbocycles. The number of hydrogen-bond donors (Lipinski definition) is 0. The number of amides is 1. The second kappa shape index (κ2) is 8.12. The van der Waals surface area contributed by atoms with Gasteiger partial charge in [0, 0.05) is 36.2 Å². The minimum Gasteiger partial charge on any atom is -0.341 e. The standard InChI is InChI=1S/C20H20N4O4S/c25-17(22-9-3-1-2-4-10-22)11-23-13-21-19-18(20(23)26)16(12-29-19)14-5-7-15(8-6-14)24(27)28/h5-8,12-13H,1-4,9-11H2. The van der Waals surface area contributed by atoms with Gasteiger partial charge in [-0.2, -0.15) is 0 Å². The maximum Gasteiger partial charge on any atom is 0.269 e. The summed E-state index contributed by atoms with van der Waals surface area (Å²) in [6, 6.07) is 6.07. The number of nitrogens with zero attached hydrogens (tertiary/aromatic N) is 4. The Bertz CT molecular complexity index is 1110. The SMILES string of the molecule is O=C(Cn1cnc2scc(-c3ccc([N+](=O)[O-])cc3)c2c1=O)N1CCCCCC1. The van der Waals surface area contributed by atoms with E-state index < -0.39 is 4.92 Å². The van der Waals surface area contributed by atoms with E-state index in [1.165, 1.54) is 34.4 Å². The highest BCUT2D eigenvalue weighted by Crippen LogP contribution is 2.31. The number of non-ortho nitro benzene ring substituents is 1. The van der Waals surface area contributed by atoms with E-state index in [2.05, 4.69) is 4.98 Å². The highest BCUT2D eigenvalue weighted by molar-refractivity contribution is 7.17. The third-order valence-corrected chi connectivity index (χ3v) is 6.10. The van der Waals surface area contributed by atoms with Crippen LogP contribution in [-0.2, 0) is 11.3 Å². The van der Waals surface area contributed by atoms with Crippen molar-refractivity contribution in [2.75, 3.05) is 13.1 Å². The van der Waals surface area contributed by atoms with Gasteiger partial charge in [-0.25, -0.2) is 4.98 Å². The predicted octanol–water partition coefficient (Wildman–Crippen LogP) is 3.44. The molecule has 3 aromatic rings. The number of likely N-dealkylation sites (tertiary alicyclic amines) is 1. The zero-order valence-electron chi connectivity index (χ0n) is 15.7. The van der Waals surface area contributed by atoms with E-state index in [9.17, 15) is 19.7 Å². The number of fused-ring (bicyclic) bond motifs is 1. The molecular formula is C20H20N4O4S. The van der Waals surface area contributed by atoms with Crippen molar-refractivity contribution >= 4 is 33.1 Å². The number of thiophene rings is 1. The molecule has 1 aliphatic heterocycles. The van der Waals surface area contributed by atoms with Crippen molar-refractivity contribution in [1.82, 2.24) is 14.5 Å². The highest BCUT2D eigenvalue weighted by atomic mass is 32.1. The Balaban J connectivity index is 1.66. The van der Waals surface area contributed by atoms with E-state index in [1.807, 2.05) is 10.3 Å². The number of carbonyl (C=O) groups excluding carboxylic acids is 1. The number of carbonyl (C=O) groups is 1. The van der Waals surface area contributed by atoms with Crippen molar-refractivity contribution < 1.29 is 9.72 Å². The van der Waals surface area contributed by atoms with E-state index in [0.717, 1.165) is 38.8 Å². The summed E-state index contributed by atoms with van der Waals surface area (Å²) in [6.45, 7) is 1.43. The van der Waals surface area contributed by atoms with Crippen molar-refractivity contribution in [2.24, 2.45) is 0 Å². The van der Waals surface area contributed by atoms with E-state index in [-0.39, 0.29) is 23.7 Å². The van der Waals surface area contributed by atoms with E-state index in [0.29, 0.717) is 21.3 Å². The highest BCUT2D eigenvalue weighted by Gasteiger charge is 2.19. The summed E-state index contributed by atoms with van der Waals surface area (Å²) in [6.07, 6.45) is 5.67. The molecular weight excluding hydrogens is 392 g/mol. The zero-order chi connectivity index (χ0) is 20.4. The Morgan fingerprint density at radius 2 is 1.83 bits per heavy atom. The third-order valence-electron chi connectivity index (χ3n) is 5.21. The minimum absolute atomic E-state index is 0.00753. The van der Waals surface area contributed by atoms with Crippen LogP contribution in [0.25, 0.3) is 21.3 Å². The molecule has 1 fully saturated rings. The van der Waals surface area contributed by atoms with Crippen LogP contribution >= 0.6 is 11.3 Å². The van der Waals surface area contributed by atoms with Gasteiger partial charge in [-0.15, -0.1) is 11.3 Å². The molecule has 1 saturated heterocycles. The van der Waals surface area contributed by atoms with Crippen LogP contribution in [0.3, 0.4) is 0 Å². The molecule has 0 unspecified atom stereocenters. The molecule has 150 valence electrons. The Hall–Kier alpha value is -3.07. The van der Waals surface area contributed by atoms with Crippen LogP contribution in [0.4, 0.5) is 5.69 Å². The molecule has 2 aromatic heterocycles. The lowest BCUT2D eigenvalue weighted by molar-refractivity contribution is -0.384. The number of nitro groups is 1. The first-order chi connectivity index (χ1) is 14.0. The quantitative estimate of drug-likeness (QED) is 0.483. The van der Waals surface area contributed by atoms with Crippen molar-refractivity contribution in [1.29, 1.82) is 0 Å². The molecule has 0 bridgehead atoms. The summed E-state index contributed by atoms with van der Waals surface area (Å²) in [4.78, 5) is 43.0. The lowest BCUT2D eigenvalue weighted by Gasteiger charge is -2.20. The molecule has 3 heterocycles. The summed E-state index contributed by atoms with van der Waals surface area (Å²) in [5.74, 6) is -0.0673. The van der Waals surface area contributed by atoms with Crippen LogP contribution in [0.1, 0.15) is 25.7 Å². The van der Waals surface area contributed by atoms with Crippen molar-refractivity contribution in [3.8, 4) is 11.1 Å². The molecule has 1 amide bonds. The average Bonchev–Trinajstić information content (AvgIpc) is 2.96. The number of aromatic nitrogens is 2. The zero-order valence-corrected chi connectivity index (χ0v) is 16.6. The van der Waals surface area contributed by atoms with Crippen LogP contribution in [0.15, 0.2) is 40.8 Å². The van der Waals surface area contributed by atoms with E-state index >= 15 is 0 Å². The third kappa shape index (κ3) is 3.91. The first kappa shape index (κ1) is 19.3. The molecule has 0 N–H and O–H groups in total. The Morgan fingerprint density at radius 3 is 2.48 bits per heavy atom. The van der Waals surface area contributed by atoms with Crippen molar-refractivity contribution in [3.63, 3.8) is 0 Å². The summed E-state index contributed by atoms with van der Waals surface area (Å²) >= 11 is 1.34. The molecule has 8 nitrogen and oxygen atoms in total. The fourth-order valence-corrected chi connectivity index (χ4v) is 4.53. The molecule has 1 aliphatic rings. The normalized spacial score (nSPS) is 14.7. The summed E-state index contributed by atoms with van der Waals surface area (Å²) in [5.41, 5.74) is 1.10. The number of rotatable bonds is 4. The lowest BCUT2D eigenvalue weighted by atomic mass is 10.1. The Labute approximate surface area is 170 Å². The van der Waals surface area contributed by atoms with Crippen LogP contribution in [0.5, 0.6) is 0 Å². The summed E-state index contributed by atoms with van der Waals surface area (Å²) in [5, 5.41) is 13.1. The van der Waals surface area contributed by atoms with E-state index in [4.69, 9.17) is 0 Å². The molecule has 0 atom stereocenters. The van der Waals surface area contributed by atoms with Crippen molar-refractivity contribution in [2.45, 2.75) is 32.2 Å². The molecule has 9 heteroatoms. The lowest BCUT2D eigenvalue weighted by Crippen LogP contribution is -2.37. The topological polar surface area (TPSA) is 98.3 Å². The van der Waals surface area contributed by atoms with E-state index in [1.54, 1.807) is 12.1 Å². The maximum atomic E-state index is 13.1. The van der Waals surface area contributed by atoms with Gasteiger partial charge < -0.3 is 4.90 Å². The Morgan fingerprint density at radius 1 is 1.14 bits per heavy atom. The minimum atomic E-state index is -0.460. The monoisotopic (exact) mass is 412 g/mol. The van der Waals surface area contributed by atoms with Gasteiger partial charge in [0.15, 0.2) is 0 Å². The van der Waals surface area contributed by atoms with Crippen LogP contribution < -0.4 is 5.56 Å². The predicted molar refractivity (Wildman–Crippen MR) is 111 cm³/mol. The number of nitro benzene ring substituents is 1. The van der Waals surface area contributed by atoms with Crippen LogP contribution in [0, 0.1) is 10.1 Å². The summed E-state index contributed by atoms with van der Waals surface area (Å²) in [7, 11) is 0. The smallest absolute Gasteiger partial charge is 0.269 e. The fraction of sp³-hybridized carbons (Fsp3) is 0.350. The first-order valence-electron chi connectivity index (χ1n) is 9.54. The fourth-order valence-electron chi connectivity index (χ4n) is 3.62. The van der Waals surface area contributed by atoms with Crippen molar-refractivity contribution in [3.05, 3.63) is 56.4 Å². The molecule has 1 aromatic carbocycles. The van der Waals surface area contributed by atoms with Gasteiger partial charge in [0.05, 0.1) is 16.6 Å². The molecule has 29 heavy (non-hydrogen) atoms. The van der Waals surface area contributed by atoms with Gasteiger partial charge in [0.25, 0.3) is 11.2 Å². The van der Waals surface area contributed by atoms with Gasteiger partial charge in [0.2, 0.25) is 5.91 Å². The Kier molecular flexibility index (Phi) is 5.39. The molecule has 0 spiro atoms. The average molecular weight is 412 g/mol. The second-order valence-electron chi connectivity index (χ2n) is 7.11. The van der Waals surface area contributed by atoms with Gasteiger partial charge in [-0.3, -0.25) is 24.3 Å². The second-order valence-corrected chi connectivity index (χ2v) is 7.96. The van der Waals surface area contributed by atoms with Gasteiger partial charge in [-0.05, 0) is 30.5 Å². The number of benzene rings is 1. The van der Waals surface area contributed by atoms with Crippen LogP contribution in [-0.4, -0.2) is 38.4 Å². The van der Waals surface area contributed by atoms with Gasteiger partial charge in [-0.1, -0.05) is 12.8 Å². The largest absolute Gasteiger partial charge is 0.341 e. The van der Waals surface area contributed by atoms with Gasteiger partial charge >= 0.3 is 0 Å². The maximum absolute atomic E-state index is 13.1.